The van der Waals surface area contributed by atoms with E-state index in [1.807, 2.05) is 13.8 Å². The quantitative estimate of drug-likeness (QED) is 0.710. The third-order valence-corrected chi connectivity index (χ3v) is 3.48. The van der Waals surface area contributed by atoms with Gasteiger partial charge in [-0.2, -0.15) is 0 Å². The summed E-state index contributed by atoms with van der Waals surface area (Å²) in [5.74, 6) is -1.66. The van der Waals surface area contributed by atoms with E-state index in [1.165, 1.54) is 0 Å². The summed E-state index contributed by atoms with van der Waals surface area (Å²) in [4.78, 5) is 0. The molecule has 0 aliphatic carbocycles. The predicted molar refractivity (Wildman–Crippen MR) is 66.0 cm³/mol. The Hall–Kier alpha value is -1.20. The first-order chi connectivity index (χ1) is 8.30. The molecule has 1 aliphatic rings. The lowest BCUT2D eigenvalue weighted by atomic mass is 9.99. The summed E-state index contributed by atoms with van der Waals surface area (Å²) in [5.41, 5.74) is 4.85. The predicted octanol–water partition coefficient (Wildman–Crippen LogP) is 2.11. The van der Waals surface area contributed by atoms with Crippen LogP contribution in [-0.2, 0) is 0 Å². The molecule has 0 amide bonds. The molecule has 100 valence electrons. The molecular formula is C13H18F2N2O. The Morgan fingerprint density at radius 2 is 1.94 bits per heavy atom. The molecule has 1 aliphatic heterocycles. The number of nitrogens with one attached hydrogen (secondary N) is 1. The maximum Gasteiger partial charge on any atom is 0.149 e. The van der Waals surface area contributed by atoms with Crippen molar-refractivity contribution in [1.82, 2.24) is 5.32 Å². The van der Waals surface area contributed by atoms with Crippen molar-refractivity contribution < 1.29 is 13.9 Å². The van der Waals surface area contributed by atoms with Gasteiger partial charge in [0.2, 0.25) is 0 Å². The number of halogens is 2. The van der Waals surface area contributed by atoms with Crippen LogP contribution in [0.5, 0.6) is 0 Å². The number of benzene rings is 1. The van der Waals surface area contributed by atoms with Crippen molar-refractivity contribution in [3.05, 3.63) is 29.3 Å². The average molecular weight is 256 g/mol. The minimum atomic E-state index is -0.934. The molecular weight excluding hydrogens is 238 g/mol. The standard InChI is InChI=1S/C13H18F2N2O/c1-13(2)4-3-10(17-13)12(18)7-5-8(14)11(16)9(15)6-7/h5-6,10,12,17-18H,3-4,16H2,1-2H3/t10-,12+/m1/s1. The van der Waals surface area contributed by atoms with Gasteiger partial charge in [-0.05, 0) is 44.4 Å². The summed E-state index contributed by atoms with van der Waals surface area (Å²) in [7, 11) is 0. The number of rotatable bonds is 2. The summed E-state index contributed by atoms with van der Waals surface area (Å²) >= 11 is 0. The molecule has 2 atom stereocenters. The molecule has 0 spiro atoms. The van der Waals surface area contributed by atoms with Gasteiger partial charge in [0.05, 0.1) is 6.10 Å². The van der Waals surface area contributed by atoms with Gasteiger partial charge in [-0.3, -0.25) is 0 Å². The Labute approximate surface area is 105 Å². The average Bonchev–Trinajstić information content (AvgIpc) is 2.65. The van der Waals surface area contributed by atoms with E-state index in [-0.39, 0.29) is 17.1 Å². The van der Waals surface area contributed by atoms with E-state index in [4.69, 9.17) is 5.73 Å². The van der Waals surface area contributed by atoms with Crippen LogP contribution in [0.3, 0.4) is 0 Å². The zero-order valence-electron chi connectivity index (χ0n) is 10.5. The molecule has 3 nitrogen and oxygen atoms in total. The van der Waals surface area contributed by atoms with Crippen molar-refractivity contribution in [3.63, 3.8) is 0 Å². The summed E-state index contributed by atoms with van der Waals surface area (Å²) < 4.78 is 26.7. The van der Waals surface area contributed by atoms with Gasteiger partial charge < -0.3 is 16.2 Å². The van der Waals surface area contributed by atoms with Crippen molar-refractivity contribution >= 4 is 5.69 Å². The lowest BCUT2D eigenvalue weighted by molar-refractivity contribution is 0.131. The highest BCUT2D eigenvalue weighted by Gasteiger charge is 2.34. The van der Waals surface area contributed by atoms with Gasteiger partial charge in [-0.15, -0.1) is 0 Å². The number of aliphatic hydroxyl groups is 1. The van der Waals surface area contributed by atoms with Crippen LogP contribution in [-0.4, -0.2) is 16.7 Å². The van der Waals surface area contributed by atoms with Gasteiger partial charge in [-0.25, -0.2) is 8.78 Å². The summed E-state index contributed by atoms with van der Waals surface area (Å²) in [6.07, 6.45) is 0.743. The topological polar surface area (TPSA) is 58.3 Å². The first-order valence-corrected chi connectivity index (χ1v) is 6.00. The molecule has 0 saturated carbocycles. The van der Waals surface area contributed by atoms with Crippen molar-refractivity contribution in [3.8, 4) is 0 Å². The first kappa shape index (κ1) is 13.2. The lowest BCUT2D eigenvalue weighted by Gasteiger charge is -2.24. The highest BCUT2D eigenvalue weighted by molar-refractivity contribution is 5.44. The highest BCUT2D eigenvalue weighted by atomic mass is 19.1. The van der Waals surface area contributed by atoms with Crippen LogP contribution < -0.4 is 11.1 Å². The Morgan fingerprint density at radius 1 is 1.39 bits per heavy atom. The molecule has 1 heterocycles. The lowest BCUT2D eigenvalue weighted by Crippen LogP contribution is -2.40. The van der Waals surface area contributed by atoms with Gasteiger partial charge in [0.15, 0.2) is 0 Å². The Kier molecular flexibility index (Phi) is 3.29. The molecule has 1 aromatic rings. The third-order valence-electron chi connectivity index (χ3n) is 3.48. The van der Waals surface area contributed by atoms with E-state index in [0.29, 0.717) is 0 Å². The summed E-state index contributed by atoms with van der Waals surface area (Å²) in [5, 5.41) is 13.4. The Morgan fingerprint density at radius 3 is 2.39 bits per heavy atom. The molecule has 1 saturated heterocycles. The second-order valence-corrected chi connectivity index (χ2v) is 5.52. The zero-order valence-corrected chi connectivity index (χ0v) is 10.5. The number of hydrogen-bond donors (Lipinski definition) is 3. The molecule has 0 radical (unpaired) electrons. The second kappa shape index (κ2) is 4.48. The number of aliphatic hydroxyl groups excluding tert-OH is 1. The van der Waals surface area contributed by atoms with E-state index in [9.17, 15) is 13.9 Å². The molecule has 1 aromatic carbocycles. The van der Waals surface area contributed by atoms with E-state index in [2.05, 4.69) is 5.32 Å². The zero-order chi connectivity index (χ0) is 13.5. The summed E-state index contributed by atoms with van der Waals surface area (Å²) in [6, 6.07) is 1.99. The van der Waals surface area contributed by atoms with Gasteiger partial charge in [-0.1, -0.05) is 0 Å². The van der Waals surface area contributed by atoms with Gasteiger partial charge in [0.25, 0.3) is 0 Å². The van der Waals surface area contributed by atoms with E-state index in [1.54, 1.807) is 0 Å². The molecule has 1 fully saturated rings. The maximum absolute atomic E-state index is 13.3. The SMILES string of the molecule is CC1(C)CC[C@H]([C@@H](O)c2cc(F)c(N)c(F)c2)N1. The molecule has 18 heavy (non-hydrogen) atoms. The van der Waals surface area contributed by atoms with Gasteiger partial charge >= 0.3 is 0 Å². The minimum Gasteiger partial charge on any atom is -0.394 e. The first-order valence-electron chi connectivity index (χ1n) is 6.00. The van der Waals surface area contributed by atoms with Crippen LogP contribution in [0.1, 0.15) is 38.4 Å². The normalized spacial score (nSPS) is 24.2. The molecule has 2 rings (SSSR count). The molecule has 0 bridgehead atoms. The van der Waals surface area contributed by atoms with Crippen LogP contribution in [0.25, 0.3) is 0 Å². The number of nitrogen functional groups attached to an aromatic ring is 1. The van der Waals surface area contributed by atoms with Crippen molar-refractivity contribution in [2.75, 3.05) is 5.73 Å². The molecule has 5 heteroatoms. The maximum atomic E-state index is 13.3. The molecule has 0 aromatic heterocycles. The summed E-state index contributed by atoms with van der Waals surface area (Å²) in [6.45, 7) is 4.06. The van der Waals surface area contributed by atoms with Crippen molar-refractivity contribution in [2.24, 2.45) is 0 Å². The van der Waals surface area contributed by atoms with Gasteiger partial charge in [0.1, 0.15) is 17.3 Å². The van der Waals surface area contributed by atoms with Crippen molar-refractivity contribution in [2.45, 2.75) is 44.4 Å². The van der Waals surface area contributed by atoms with E-state index >= 15 is 0 Å². The van der Waals surface area contributed by atoms with E-state index in [0.717, 1.165) is 25.0 Å². The minimum absolute atomic E-state index is 0.0590. The van der Waals surface area contributed by atoms with Crippen LogP contribution in [0, 0.1) is 11.6 Å². The van der Waals surface area contributed by atoms with Crippen LogP contribution >= 0.6 is 0 Å². The van der Waals surface area contributed by atoms with E-state index < -0.39 is 23.4 Å². The Balaban J connectivity index is 2.22. The van der Waals surface area contributed by atoms with Crippen LogP contribution in [0.4, 0.5) is 14.5 Å². The van der Waals surface area contributed by atoms with Crippen molar-refractivity contribution in [1.29, 1.82) is 0 Å². The smallest absolute Gasteiger partial charge is 0.149 e. The molecule has 4 N–H and O–H groups in total. The number of anilines is 1. The van der Waals surface area contributed by atoms with Gasteiger partial charge in [0, 0.05) is 11.6 Å². The number of nitrogens with two attached hydrogens (primary N) is 1. The molecule has 0 unspecified atom stereocenters. The Bertz CT molecular complexity index is 439. The third kappa shape index (κ3) is 2.47. The highest BCUT2D eigenvalue weighted by Crippen LogP contribution is 2.31. The largest absolute Gasteiger partial charge is 0.394 e. The monoisotopic (exact) mass is 256 g/mol. The number of hydrogen-bond acceptors (Lipinski definition) is 3. The second-order valence-electron chi connectivity index (χ2n) is 5.52. The van der Waals surface area contributed by atoms with Crippen LogP contribution in [0.15, 0.2) is 12.1 Å². The fourth-order valence-electron chi connectivity index (χ4n) is 2.41. The fourth-order valence-corrected chi connectivity index (χ4v) is 2.41. The fraction of sp³-hybridized carbons (Fsp3) is 0.538. The van der Waals surface area contributed by atoms with Crippen LogP contribution in [0.2, 0.25) is 0 Å².